The molecule has 14 heavy (non-hydrogen) atoms. The van der Waals surface area contributed by atoms with Crippen molar-refractivity contribution >= 4 is 0 Å². The van der Waals surface area contributed by atoms with Gasteiger partial charge in [-0.15, -0.1) is 6.42 Å². The molecular formula is C13H16O. The van der Waals surface area contributed by atoms with Crippen LogP contribution >= 0.6 is 0 Å². The van der Waals surface area contributed by atoms with E-state index in [4.69, 9.17) is 6.42 Å². The molecular weight excluding hydrogens is 172 g/mol. The maximum Gasteiger partial charge on any atom is 0.0850 e. The third kappa shape index (κ3) is 2.16. The first-order valence-corrected chi connectivity index (χ1v) is 4.70. The number of aliphatic hydroxyl groups excluding tert-OH is 1. The average Bonchev–Trinajstić information content (AvgIpc) is 2.15. The van der Waals surface area contributed by atoms with Crippen LogP contribution in [0.4, 0.5) is 0 Å². The van der Waals surface area contributed by atoms with Crippen LogP contribution in [0.3, 0.4) is 0 Å². The minimum atomic E-state index is -0.519. The van der Waals surface area contributed by atoms with E-state index in [0.29, 0.717) is 0 Å². The average molecular weight is 188 g/mol. The Labute approximate surface area is 85.8 Å². The molecule has 0 aliphatic carbocycles. The fraction of sp³-hybridized carbons (Fsp3) is 0.385. The van der Waals surface area contributed by atoms with Gasteiger partial charge in [0.1, 0.15) is 0 Å². The summed E-state index contributed by atoms with van der Waals surface area (Å²) in [5, 5.41) is 10.1. The molecule has 1 heteroatoms. The van der Waals surface area contributed by atoms with E-state index in [9.17, 15) is 5.11 Å². The molecule has 0 aliphatic heterocycles. The molecule has 0 saturated heterocycles. The lowest BCUT2D eigenvalue weighted by atomic mass is 9.83. The van der Waals surface area contributed by atoms with Crippen molar-refractivity contribution in [3.63, 3.8) is 0 Å². The zero-order chi connectivity index (χ0) is 10.8. The molecule has 0 saturated carbocycles. The van der Waals surface area contributed by atoms with Crippen molar-refractivity contribution < 1.29 is 5.11 Å². The van der Waals surface area contributed by atoms with Crippen molar-refractivity contribution in [3.8, 4) is 12.3 Å². The van der Waals surface area contributed by atoms with Gasteiger partial charge in [0.25, 0.3) is 0 Å². The number of rotatable bonds is 1. The Morgan fingerprint density at radius 3 is 2.36 bits per heavy atom. The Hall–Kier alpha value is -1.26. The minimum Gasteiger partial charge on any atom is -0.388 e. The standard InChI is InChI=1S/C13H16O/c1-5-10-8-6-7-9-11(10)12(14)13(2,3)4/h1,6-9,12,14H,2-4H3. The summed E-state index contributed by atoms with van der Waals surface area (Å²) in [6.07, 6.45) is 4.85. The second-order valence-corrected chi connectivity index (χ2v) is 4.50. The summed E-state index contributed by atoms with van der Waals surface area (Å²) < 4.78 is 0. The molecule has 1 rings (SSSR count). The fourth-order valence-electron chi connectivity index (χ4n) is 1.33. The van der Waals surface area contributed by atoms with Crippen molar-refractivity contribution in [1.82, 2.24) is 0 Å². The van der Waals surface area contributed by atoms with Crippen molar-refractivity contribution in [3.05, 3.63) is 35.4 Å². The van der Waals surface area contributed by atoms with Crippen LogP contribution in [0.25, 0.3) is 0 Å². The number of hydrogen-bond acceptors (Lipinski definition) is 1. The van der Waals surface area contributed by atoms with Crippen LogP contribution < -0.4 is 0 Å². The monoisotopic (exact) mass is 188 g/mol. The normalized spacial score (nSPS) is 13.4. The van der Waals surface area contributed by atoms with Crippen LogP contribution in [0.2, 0.25) is 0 Å². The highest BCUT2D eigenvalue weighted by atomic mass is 16.3. The molecule has 1 nitrogen and oxygen atoms in total. The Morgan fingerprint density at radius 1 is 1.29 bits per heavy atom. The Morgan fingerprint density at radius 2 is 1.86 bits per heavy atom. The first-order valence-electron chi connectivity index (χ1n) is 4.70. The molecule has 1 N–H and O–H groups in total. The van der Waals surface area contributed by atoms with Gasteiger partial charge in [-0.05, 0) is 17.0 Å². The smallest absolute Gasteiger partial charge is 0.0850 e. The zero-order valence-corrected chi connectivity index (χ0v) is 8.91. The summed E-state index contributed by atoms with van der Waals surface area (Å²) in [4.78, 5) is 0. The minimum absolute atomic E-state index is 0.188. The molecule has 1 atom stereocenters. The molecule has 0 radical (unpaired) electrons. The first-order chi connectivity index (χ1) is 6.46. The Kier molecular flexibility index (Phi) is 2.98. The number of aliphatic hydroxyl groups is 1. The van der Waals surface area contributed by atoms with E-state index in [1.54, 1.807) is 0 Å². The van der Waals surface area contributed by atoms with E-state index in [0.717, 1.165) is 11.1 Å². The van der Waals surface area contributed by atoms with E-state index in [1.807, 2.05) is 45.0 Å². The van der Waals surface area contributed by atoms with E-state index in [2.05, 4.69) is 5.92 Å². The van der Waals surface area contributed by atoms with Crippen molar-refractivity contribution in [2.75, 3.05) is 0 Å². The van der Waals surface area contributed by atoms with Gasteiger partial charge in [-0.1, -0.05) is 44.9 Å². The van der Waals surface area contributed by atoms with E-state index in [-0.39, 0.29) is 5.41 Å². The summed E-state index contributed by atoms with van der Waals surface area (Å²) in [6.45, 7) is 5.97. The fourth-order valence-corrected chi connectivity index (χ4v) is 1.33. The Bertz CT molecular complexity index is 352. The second-order valence-electron chi connectivity index (χ2n) is 4.50. The molecule has 0 heterocycles. The third-order valence-electron chi connectivity index (χ3n) is 2.23. The van der Waals surface area contributed by atoms with Gasteiger partial charge in [0.2, 0.25) is 0 Å². The van der Waals surface area contributed by atoms with Gasteiger partial charge in [0, 0.05) is 5.56 Å². The molecule has 0 bridgehead atoms. The Balaban J connectivity index is 3.14. The molecule has 1 unspecified atom stereocenters. The first kappa shape index (κ1) is 10.8. The molecule has 74 valence electrons. The predicted octanol–water partition coefficient (Wildman–Crippen LogP) is 2.75. The molecule has 0 spiro atoms. The van der Waals surface area contributed by atoms with Gasteiger partial charge in [0.15, 0.2) is 0 Å². The lowest BCUT2D eigenvalue weighted by Crippen LogP contribution is -2.18. The molecule has 0 aromatic heterocycles. The largest absolute Gasteiger partial charge is 0.388 e. The van der Waals surface area contributed by atoms with Gasteiger partial charge in [0.05, 0.1) is 6.10 Å². The van der Waals surface area contributed by atoms with Crippen LogP contribution in [0.5, 0.6) is 0 Å². The van der Waals surface area contributed by atoms with Crippen LogP contribution in [0.15, 0.2) is 24.3 Å². The van der Waals surface area contributed by atoms with Gasteiger partial charge < -0.3 is 5.11 Å². The molecule has 1 aromatic carbocycles. The van der Waals surface area contributed by atoms with Gasteiger partial charge >= 0.3 is 0 Å². The predicted molar refractivity (Wildman–Crippen MR) is 58.8 cm³/mol. The number of hydrogen-bond donors (Lipinski definition) is 1. The maximum absolute atomic E-state index is 10.1. The number of terminal acetylenes is 1. The van der Waals surface area contributed by atoms with E-state index >= 15 is 0 Å². The summed E-state index contributed by atoms with van der Waals surface area (Å²) >= 11 is 0. The summed E-state index contributed by atoms with van der Waals surface area (Å²) in [7, 11) is 0. The van der Waals surface area contributed by atoms with Crippen molar-refractivity contribution in [2.24, 2.45) is 5.41 Å². The maximum atomic E-state index is 10.1. The number of benzene rings is 1. The SMILES string of the molecule is C#Cc1ccccc1C(O)C(C)(C)C. The highest BCUT2D eigenvalue weighted by molar-refractivity contribution is 5.41. The van der Waals surface area contributed by atoms with Gasteiger partial charge in [-0.2, -0.15) is 0 Å². The lowest BCUT2D eigenvalue weighted by molar-refractivity contribution is 0.0624. The quantitative estimate of drug-likeness (QED) is 0.672. The van der Waals surface area contributed by atoms with Crippen LogP contribution in [-0.4, -0.2) is 5.11 Å². The van der Waals surface area contributed by atoms with E-state index < -0.39 is 6.10 Å². The van der Waals surface area contributed by atoms with Gasteiger partial charge in [-0.3, -0.25) is 0 Å². The molecule has 0 amide bonds. The van der Waals surface area contributed by atoms with E-state index in [1.165, 1.54) is 0 Å². The third-order valence-corrected chi connectivity index (χ3v) is 2.23. The van der Waals surface area contributed by atoms with Crippen molar-refractivity contribution in [2.45, 2.75) is 26.9 Å². The van der Waals surface area contributed by atoms with Gasteiger partial charge in [-0.25, -0.2) is 0 Å². The van der Waals surface area contributed by atoms with Crippen LogP contribution in [0, 0.1) is 17.8 Å². The van der Waals surface area contributed by atoms with Crippen LogP contribution in [0.1, 0.15) is 38.0 Å². The summed E-state index contributed by atoms with van der Waals surface area (Å²) in [5.74, 6) is 2.59. The topological polar surface area (TPSA) is 20.2 Å². The lowest BCUT2D eigenvalue weighted by Gasteiger charge is -2.26. The van der Waals surface area contributed by atoms with Crippen LogP contribution in [-0.2, 0) is 0 Å². The zero-order valence-electron chi connectivity index (χ0n) is 8.91. The summed E-state index contributed by atoms with van der Waals surface area (Å²) in [6, 6.07) is 7.51. The molecule has 0 fully saturated rings. The van der Waals surface area contributed by atoms with Crippen molar-refractivity contribution in [1.29, 1.82) is 0 Å². The highest BCUT2D eigenvalue weighted by Crippen LogP contribution is 2.33. The highest BCUT2D eigenvalue weighted by Gasteiger charge is 2.25. The molecule has 1 aromatic rings. The second kappa shape index (κ2) is 3.86. The molecule has 0 aliphatic rings. The summed E-state index contributed by atoms with van der Waals surface area (Å²) in [5.41, 5.74) is 1.42.